The molecule has 8 nitrogen and oxygen atoms in total. The first-order chi connectivity index (χ1) is 20.3. The standard InChI is InChI=1S/C31H30F2N6O2S/c1-19-14-26(36-39(19)27-15-22(32)8-9-25(27)33)29-20(2)34-31-38(30(29)41)24(18-42-31)16-28(40)35-23-10-12-37(13-11-23)17-21-6-4-3-5-7-21/h3-9,14-15,18,23H,10-13,16-17H2,1-2H3,(H,35,40). The Morgan fingerprint density at radius 3 is 2.60 bits per heavy atom. The Morgan fingerprint density at radius 1 is 1.07 bits per heavy atom. The number of piperidine rings is 1. The second-order valence-corrected chi connectivity index (χ2v) is 11.5. The molecule has 4 heterocycles. The van der Waals surface area contributed by atoms with Gasteiger partial charge in [0.1, 0.15) is 23.0 Å². The van der Waals surface area contributed by atoms with Crippen LogP contribution in [0.3, 0.4) is 0 Å². The van der Waals surface area contributed by atoms with Gasteiger partial charge in [0.15, 0.2) is 4.96 Å². The molecule has 6 rings (SSSR count). The lowest BCUT2D eigenvalue weighted by molar-refractivity contribution is -0.121. The summed E-state index contributed by atoms with van der Waals surface area (Å²) in [5.74, 6) is -1.38. The first-order valence-electron chi connectivity index (χ1n) is 13.8. The minimum absolute atomic E-state index is 0.0380. The highest BCUT2D eigenvalue weighted by molar-refractivity contribution is 7.15. The van der Waals surface area contributed by atoms with Crippen LogP contribution in [0.2, 0.25) is 0 Å². The zero-order chi connectivity index (χ0) is 29.4. The van der Waals surface area contributed by atoms with Crippen molar-refractivity contribution in [2.45, 2.75) is 45.7 Å². The lowest BCUT2D eigenvalue weighted by Gasteiger charge is -2.32. The predicted molar refractivity (Wildman–Crippen MR) is 158 cm³/mol. The van der Waals surface area contributed by atoms with Crippen molar-refractivity contribution < 1.29 is 13.6 Å². The molecule has 1 aliphatic rings. The van der Waals surface area contributed by atoms with Crippen molar-refractivity contribution in [3.05, 3.63) is 105 Å². The average molecular weight is 589 g/mol. The number of nitrogens with one attached hydrogen (secondary N) is 1. The lowest BCUT2D eigenvalue weighted by Crippen LogP contribution is -2.44. The number of hydrogen-bond acceptors (Lipinski definition) is 6. The topological polar surface area (TPSA) is 84.5 Å². The van der Waals surface area contributed by atoms with Crippen molar-refractivity contribution in [2.24, 2.45) is 0 Å². The van der Waals surface area contributed by atoms with E-state index in [0.29, 0.717) is 27.7 Å². The van der Waals surface area contributed by atoms with Gasteiger partial charge in [0.25, 0.3) is 5.56 Å². The van der Waals surface area contributed by atoms with E-state index < -0.39 is 11.6 Å². The molecular weight excluding hydrogens is 558 g/mol. The number of amides is 1. The molecule has 5 aromatic rings. The highest BCUT2D eigenvalue weighted by Gasteiger charge is 2.23. The number of aryl methyl sites for hydroxylation is 2. The number of thiazole rings is 1. The van der Waals surface area contributed by atoms with Crippen LogP contribution in [0.15, 0.2) is 64.8 Å². The quantitative estimate of drug-likeness (QED) is 0.295. The van der Waals surface area contributed by atoms with Crippen LogP contribution < -0.4 is 10.9 Å². The Labute approximate surface area is 245 Å². The smallest absolute Gasteiger partial charge is 0.268 e. The molecule has 1 aliphatic heterocycles. The number of carbonyl (C=O) groups is 1. The normalized spacial score (nSPS) is 14.5. The number of hydrogen-bond donors (Lipinski definition) is 1. The van der Waals surface area contributed by atoms with Gasteiger partial charge < -0.3 is 5.32 Å². The summed E-state index contributed by atoms with van der Waals surface area (Å²) in [7, 11) is 0. The molecule has 1 fully saturated rings. The fourth-order valence-corrected chi connectivity index (χ4v) is 6.46. The summed E-state index contributed by atoms with van der Waals surface area (Å²) < 4.78 is 31.1. The number of fused-ring (bicyclic) bond motifs is 1. The first-order valence-corrected chi connectivity index (χ1v) is 14.7. The number of aromatic nitrogens is 4. The summed E-state index contributed by atoms with van der Waals surface area (Å²) in [5, 5.41) is 9.36. The molecule has 0 bridgehead atoms. The summed E-state index contributed by atoms with van der Waals surface area (Å²) in [4.78, 5) is 34.3. The second-order valence-electron chi connectivity index (χ2n) is 10.7. The van der Waals surface area contributed by atoms with Crippen LogP contribution in [0.25, 0.3) is 21.9 Å². The van der Waals surface area contributed by atoms with Gasteiger partial charge >= 0.3 is 0 Å². The van der Waals surface area contributed by atoms with E-state index in [0.717, 1.165) is 50.7 Å². The van der Waals surface area contributed by atoms with E-state index in [9.17, 15) is 18.4 Å². The molecular formula is C31H30F2N6O2S. The van der Waals surface area contributed by atoms with Crippen molar-refractivity contribution in [1.82, 2.24) is 29.4 Å². The summed E-state index contributed by atoms with van der Waals surface area (Å²) >= 11 is 1.29. The molecule has 42 heavy (non-hydrogen) atoms. The van der Waals surface area contributed by atoms with Crippen LogP contribution in [0, 0.1) is 25.5 Å². The van der Waals surface area contributed by atoms with Gasteiger partial charge in [-0.3, -0.25) is 18.9 Å². The largest absolute Gasteiger partial charge is 0.353 e. The Kier molecular flexibility index (Phi) is 7.70. The highest BCUT2D eigenvalue weighted by atomic mass is 32.1. The van der Waals surface area contributed by atoms with Gasteiger partial charge in [-0.05, 0) is 50.5 Å². The maximum atomic E-state index is 14.5. The maximum absolute atomic E-state index is 14.5. The number of rotatable bonds is 7. The number of carbonyl (C=O) groups excluding carboxylic acids is 1. The van der Waals surface area contributed by atoms with Crippen LogP contribution in [0.4, 0.5) is 8.78 Å². The van der Waals surface area contributed by atoms with Gasteiger partial charge in [0, 0.05) is 48.5 Å². The second kappa shape index (κ2) is 11.6. The van der Waals surface area contributed by atoms with E-state index in [4.69, 9.17) is 0 Å². The minimum atomic E-state index is -0.635. The number of likely N-dealkylation sites (tertiary alicyclic amines) is 1. The molecule has 11 heteroatoms. The number of benzene rings is 2. The van der Waals surface area contributed by atoms with Gasteiger partial charge in [0.05, 0.1) is 17.7 Å². The molecule has 3 aromatic heterocycles. The Hall–Kier alpha value is -4.22. The van der Waals surface area contributed by atoms with Crippen LogP contribution >= 0.6 is 11.3 Å². The van der Waals surface area contributed by atoms with E-state index in [2.05, 4.69) is 32.4 Å². The summed E-state index contributed by atoms with van der Waals surface area (Å²) in [6.45, 7) is 6.11. The van der Waals surface area contributed by atoms with Gasteiger partial charge in [0.2, 0.25) is 5.91 Å². The lowest BCUT2D eigenvalue weighted by atomic mass is 10.0. The van der Waals surface area contributed by atoms with E-state index in [-0.39, 0.29) is 35.2 Å². The van der Waals surface area contributed by atoms with Crippen molar-refractivity contribution >= 4 is 22.2 Å². The fourth-order valence-electron chi connectivity index (χ4n) is 5.53. The third-order valence-corrected chi connectivity index (χ3v) is 8.52. The zero-order valence-electron chi connectivity index (χ0n) is 23.3. The average Bonchev–Trinajstić information content (AvgIpc) is 3.54. The van der Waals surface area contributed by atoms with Gasteiger partial charge in [-0.25, -0.2) is 18.4 Å². The molecule has 0 unspecified atom stereocenters. The van der Waals surface area contributed by atoms with Gasteiger partial charge in [-0.1, -0.05) is 30.3 Å². The molecule has 0 aliphatic carbocycles. The zero-order valence-corrected chi connectivity index (χ0v) is 24.1. The molecule has 0 saturated carbocycles. The molecule has 2 aromatic carbocycles. The summed E-state index contributed by atoms with van der Waals surface area (Å²) in [6.07, 6.45) is 1.76. The highest BCUT2D eigenvalue weighted by Crippen LogP contribution is 2.25. The molecule has 0 spiro atoms. The molecule has 0 radical (unpaired) electrons. The SMILES string of the molecule is Cc1nc2scc(CC(=O)NC3CCN(Cc4ccccc4)CC3)n2c(=O)c1-c1cc(C)n(-c2cc(F)ccc2F)n1. The molecule has 1 amide bonds. The molecule has 0 atom stereocenters. The Bertz CT molecular complexity index is 1820. The monoisotopic (exact) mass is 588 g/mol. The Morgan fingerprint density at radius 2 is 1.83 bits per heavy atom. The Balaban J connectivity index is 1.19. The minimum Gasteiger partial charge on any atom is -0.353 e. The molecule has 216 valence electrons. The van der Waals surface area contributed by atoms with Crippen molar-refractivity contribution in [3.8, 4) is 16.9 Å². The maximum Gasteiger partial charge on any atom is 0.268 e. The van der Waals surface area contributed by atoms with E-state index >= 15 is 0 Å². The van der Waals surface area contributed by atoms with Crippen LogP contribution in [-0.2, 0) is 17.8 Å². The van der Waals surface area contributed by atoms with E-state index in [1.54, 1.807) is 25.3 Å². The number of halogens is 2. The van der Waals surface area contributed by atoms with Crippen LogP contribution in [-0.4, -0.2) is 49.1 Å². The molecule has 1 saturated heterocycles. The van der Waals surface area contributed by atoms with Crippen molar-refractivity contribution in [1.29, 1.82) is 0 Å². The predicted octanol–water partition coefficient (Wildman–Crippen LogP) is 4.83. The van der Waals surface area contributed by atoms with Crippen LogP contribution in [0.1, 0.15) is 35.5 Å². The van der Waals surface area contributed by atoms with Crippen LogP contribution in [0.5, 0.6) is 0 Å². The van der Waals surface area contributed by atoms with E-state index in [1.165, 1.54) is 26.0 Å². The third-order valence-electron chi connectivity index (χ3n) is 7.64. The van der Waals surface area contributed by atoms with Crippen molar-refractivity contribution in [3.63, 3.8) is 0 Å². The molecule has 1 N–H and O–H groups in total. The van der Waals surface area contributed by atoms with E-state index in [1.807, 2.05) is 18.2 Å². The fraction of sp³-hybridized carbons (Fsp3) is 0.290. The first kappa shape index (κ1) is 27.9. The summed E-state index contributed by atoms with van der Waals surface area (Å²) in [5.41, 5.74) is 2.94. The number of nitrogens with zero attached hydrogens (tertiary/aromatic N) is 5. The van der Waals surface area contributed by atoms with Gasteiger partial charge in [-0.15, -0.1) is 11.3 Å². The third kappa shape index (κ3) is 5.62. The summed E-state index contributed by atoms with van der Waals surface area (Å²) in [6, 6.07) is 15.2. The van der Waals surface area contributed by atoms with Gasteiger partial charge in [-0.2, -0.15) is 5.10 Å². The van der Waals surface area contributed by atoms with Crippen molar-refractivity contribution in [2.75, 3.05) is 13.1 Å².